The molecular weight excluding hydrogens is 461 g/mol. The van der Waals surface area contributed by atoms with Gasteiger partial charge in [0, 0.05) is 5.02 Å². The van der Waals surface area contributed by atoms with E-state index in [9.17, 15) is 15.0 Å². The molecular formula is C22H19Cl2NO5S. The van der Waals surface area contributed by atoms with Crippen LogP contribution in [0.15, 0.2) is 57.6 Å². The number of aliphatic imine (C=N–C) groups is 1. The van der Waals surface area contributed by atoms with Crippen LogP contribution in [0.4, 0.5) is 5.69 Å². The van der Waals surface area contributed by atoms with Gasteiger partial charge in [-0.25, -0.2) is 9.79 Å². The van der Waals surface area contributed by atoms with E-state index in [-0.39, 0.29) is 28.7 Å². The second-order valence-corrected chi connectivity index (χ2v) is 8.10. The molecule has 0 saturated carbocycles. The minimum Gasteiger partial charge on any atom is -0.506 e. The number of ether oxygens (including phenoxy) is 2. The van der Waals surface area contributed by atoms with Crippen molar-refractivity contribution in [3.63, 3.8) is 0 Å². The van der Waals surface area contributed by atoms with Gasteiger partial charge in [0.05, 0.1) is 28.8 Å². The number of aliphatic hydroxyl groups excluding tert-OH is 1. The van der Waals surface area contributed by atoms with Gasteiger partial charge in [-0.2, -0.15) is 0 Å². The summed E-state index contributed by atoms with van der Waals surface area (Å²) < 4.78 is 10.5. The molecule has 3 rings (SSSR count). The van der Waals surface area contributed by atoms with Gasteiger partial charge in [-0.1, -0.05) is 41.0 Å². The number of nitrogens with zero attached hydrogens (tertiary/aromatic N) is 1. The van der Waals surface area contributed by atoms with Crippen LogP contribution in [0.25, 0.3) is 6.08 Å². The minimum absolute atomic E-state index is 0.00897. The van der Waals surface area contributed by atoms with E-state index in [2.05, 4.69) is 4.99 Å². The van der Waals surface area contributed by atoms with Crippen molar-refractivity contribution in [3.05, 3.63) is 68.2 Å². The smallest absolute Gasteiger partial charge is 0.344 e. The fourth-order valence-electron chi connectivity index (χ4n) is 2.72. The van der Waals surface area contributed by atoms with Gasteiger partial charge < -0.3 is 19.7 Å². The number of benzene rings is 2. The summed E-state index contributed by atoms with van der Waals surface area (Å²) in [6.45, 7) is 4.01. The molecule has 0 aliphatic carbocycles. The van der Waals surface area contributed by atoms with Gasteiger partial charge in [-0.3, -0.25) is 0 Å². The average molecular weight is 480 g/mol. The van der Waals surface area contributed by atoms with Crippen molar-refractivity contribution in [1.29, 1.82) is 0 Å². The van der Waals surface area contributed by atoms with Gasteiger partial charge in [-0.05, 0) is 55.8 Å². The zero-order valence-corrected chi connectivity index (χ0v) is 19.0. The van der Waals surface area contributed by atoms with E-state index in [1.165, 1.54) is 12.1 Å². The summed E-state index contributed by atoms with van der Waals surface area (Å²) in [7, 11) is 0. The minimum atomic E-state index is -0.694. The maximum atomic E-state index is 12.5. The van der Waals surface area contributed by atoms with Crippen molar-refractivity contribution >= 4 is 57.7 Å². The van der Waals surface area contributed by atoms with Gasteiger partial charge in [0.15, 0.2) is 11.5 Å². The number of aromatic hydroxyl groups is 1. The van der Waals surface area contributed by atoms with E-state index in [1.807, 2.05) is 6.92 Å². The second kappa shape index (κ2) is 10.1. The number of phenols is 1. The van der Waals surface area contributed by atoms with Crippen molar-refractivity contribution in [2.45, 2.75) is 13.8 Å². The van der Waals surface area contributed by atoms with Crippen LogP contribution in [0.3, 0.4) is 0 Å². The number of aliphatic hydroxyl groups is 1. The third kappa shape index (κ3) is 5.36. The first-order chi connectivity index (χ1) is 14.8. The monoisotopic (exact) mass is 479 g/mol. The zero-order chi connectivity index (χ0) is 22.5. The van der Waals surface area contributed by atoms with Gasteiger partial charge >= 0.3 is 5.97 Å². The summed E-state index contributed by atoms with van der Waals surface area (Å²) in [4.78, 5) is 17.3. The zero-order valence-electron chi connectivity index (χ0n) is 16.7. The van der Waals surface area contributed by atoms with E-state index < -0.39 is 5.97 Å². The third-order valence-electron chi connectivity index (χ3n) is 4.08. The summed E-state index contributed by atoms with van der Waals surface area (Å²) in [6, 6.07) is 9.57. The standard InChI is InChI=1S/C22H19Cl2NO5S/c1-3-29-17-9-12(5-8-16(17)26)10-18-20(27)19(22(28)30-4-2)21(31-18)25-15-7-6-13(23)11-14(15)24/h5-11,26-27H,3-4H2,1-2H3. The molecule has 1 aliphatic heterocycles. The number of hydrogen-bond acceptors (Lipinski definition) is 7. The Kier molecular flexibility index (Phi) is 7.54. The number of carbonyl (C=O) groups excluding carboxylic acids is 1. The first-order valence-corrected chi connectivity index (χ1v) is 10.9. The molecule has 0 radical (unpaired) electrons. The molecule has 2 N–H and O–H groups in total. The molecule has 162 valence electrons. The predicted molar refractivity (Wildman–Crippen MR) is 125 cm³/mol. The lowest BCUT2D eigenvalue weighted by molar-refractivity contribution is -0.138. The van der Waals surface area contributed by atoms with Crippen LogP contribution in [0, 0.1) is 0 Å². The lowest BCUT2D eigenvalue weighted by Crippen LogP contribution is -2.12. The molecule has 6 nitrogen and oxygen atoms in total. The van der Waals surface area contributed by atoms with Crippen LogP contribution in [0.1, 0.15) is 19.4 Å². The maximum absolute atomic E-state index is 12.5. The van der Waals surface area contributed by atoms with E-state index in [0.717, 1.165) is 11.8 Å². The van der Waals surface area contributed by atoms with Crippen molar-refractivity contribution in [2.75, 3.05) is 13.2 Å². The molecule has 2 aromatic carbocycles. The molecule has 0 amide bonds. The Bertz CT molecular complexity index is 1110. The van der Waals surface area contributed by atoms with Crippen molar-refractivity contribution in [3.8, 4) is 11.5 Å². The van der Waals surface area contributed by atoms with Crippen LogP contribution >= 0.6 is 35.0 Å². The van der Waals surface area contributed by atoms with Gasteiger partial charge in [-0.15, -0.1) is 0 Å². The number of carbonyl (C=O) groups is 1. The fraction of sp³-hybridized carbons (Fsp3) is 0.182. The highest BCUT2D eigenvalue weighted by Gasteiger charge is 2.33. The lowest BCUT2D eigenvalue weighted by Gasteiger charge is -2.07. The maximum Gasteiger partial charge on any atom is 0.344 e. The molecule has 9 heteroatoms. The van der Waals surface area contributed by atoms with E-state index >= 15 is 0 Å². The molecule has 0 saturated heterocycles. The molecule has 0 atom stereocenters. The van der Waals surface area contributed by atoms with Crippen molar-refractivity contribution in [1.82, 2.24) is 0 Å². The van der Waals surface area contributed by atoms with Crippen molar-refractivity contribution in [2.24, 2.45) is 4.99 Å². The molecule has 0 unspecified atom stereocenters. The molecule has 0 spiro atoms. The summed E-state index contributed by atoms with van der Waals surface area (Å²) in [5, 5.41) is 21.7. The topological polar surface area (TPSA) is 88.4 Å². The molecule has 31 heavy (non-hydrogen) atoms. The molecule has 0 bridgehead atoms. The van der Waals surface area contributed by atoms with E-state index in [1.54, 1.807) is 37.3 Å². The number of rotatable bonds is 6. The first-order valence-electron chi connectivity index (χ1n) is 9.34. The number of thioether (sulfide) groups is 1. The number of halogens is 2. The highest BCUT2D eigenvalue weighted by Crippen LogP contribution is 2.42. The van der Waals surface area contributed by atoms with Gasteiger partial charge in [0.1, 0.15) is 16.4 Å². The number of phenolic OH excluding ortho intramolecular Hbond substituents is 1. The predicted octanol–water partition coefficient (Wildman–Crippen LogP) is 6.29. The summed E-state index contributed by atoms with van der Waals surface area (Å²) in [5.41, 5.74) is 1.00. The number of esters is 1. The highest BCUT2D eigenvalue weighted by molar-refractivity contribution is 8.18. The van der Waals surface area contributed by atoms with E-state index in [4.69, 9.17) is 32.7 Å². The number of hydrogen-bond donors (Lipinski definition) is 2. The largest absolute Gasteiger partial charge is 0.506 e. The quantitative estimate of drug-likeness (QED) is 0.473. The molecule has 1 aliphatic rings. The van der Waals surface area contributed by atoms with Gasteiger partial charge in [0.25, 0.3) is 0 Å². The Morgan fingerprint density at radius 3 is 2.58 bits per heavy atom. The Labute approximate surface area is 193 Å². The Morgan fingerprint density at radius 2 is 1.90 bits per heavy atom. The first kappa shape index (κ1) is 23.1. The second-order valence-electron chi connectivity index (χ2n) is 6.23. The fourth-order valence-corrected chi connectivity index (χ4v) is 4.19. The van der Waals surface area contributed by atoms with E-state index in [0.29, 0.717) is 38.6 Å². The average Bonchev–Trinajstić information content (AvgIpc) is 3.02. The summed E-state index contributed by atoms with van der Waals surface area (Å²) in [6.07, 6.45) is 1.66. The highest BCUT2D eigenvalue weighted by atomic mass is 35.5. The Morgan fingerprint density at radius 1 is 1.13 bits per heavy atom. The van der Waals surface area contributed by atoms with Crippen LogP contribution in [-0.2, 0) is 9.53 Å². The summed E-state index contributed by atoms with van der Waals surface area (Å²) >= 11 is 13.2. The molecule has 2 aromatic rings. The third-order valence-corrected chi connectivity index (χ3v) is 5.64. The van der Waals surface area contributed by atoms with Crippen LogP contribution in [0.2, 0.25) is 10.0 Å². The Balaban J connectivity index is 2.05. The molecule has 0 fully saturated rings. The SMILES string of the molecule is CCOC(=O)C1=C(O)C(=Cc2ccc(O)c(OCC)c2)SC1=Nc1ccc(Cl)cc1Cl. The lowest BCUT2D eigenvalue weighted by atomic mass is 10.1. The Hall–Kier alpha value is -2.61. The normalized spacial score (nSPS) is 16.3. The summed E-state index contributed by atoms with van der Waals surface area (Å²) in [5.74, 6) is -0.621. The van der Waals surface area contributed by atoms with Crippen LogP contribution in [-0.4, -0.2) is 34.4 Å². The molecule has 0 aromatic heterocycles. The van der Waals surface area contributed by atoms with Crippen molar-refractivity contribution < 1.29 is 24.5 Å². The molecule has 1 heterocycles. The van der Waals surface area contributed by atoms with Crippen LogP contribution < -0.4 is 4.74 Å². The van der Waals surface area contributed by atoms with Gasteiger partial charge in [0.2, 0.25) is 0 Å². The van der Waals surface area contributed by atoms with Crippen LogP contribution in [0.5, 0.6) is 11.5 Å².